The lowest BCUT2D eigenvalue weighted by Crippen LogP contribution is -2.38. The van der Waals surface area contributed by atoms with Crippen molar-refractivity contribution in [3.63, 3.8) is 0 Å². The van der Waals surface area contributed by atoms with Crippen LogP contribution in [-0.4, -0.2) is 31.6 Å². The molecule has 1 N–H and O–H groups in total. The van der Waals surface area contributed by atoms with E-state index in [1.807, 2.05) is 12.1 Å². The van der Waals surface area contributed by atoms with E-state index in [9.17, 15) is 4.79 Å². The monoisotopic (exact) mass is 242 g/mol. The Balaban J connectivity index is 2.25. The number of benzene rings is 1. The van der Waals surface area contributed by atoms with Crippen molar-refractivity contribution in [2.45, 2.75) is 6.61 Å². The normalized spacial score (nSPS) is 10.5. The summed E-state index contributed by atoms with van der Waals surface area (Å²) in [6.07, 6.45) is 0. The van der Waals surface area contributed by atoms with Gasteiger partial charge in [0.15, 0.2) is 0 Å². The first-order chi connectivity index (χ1) is 7.58. The highest BCUT2D eigenvalue weighted by molar-refractivity contribution is 6.30. The number of halogens is 1. The topological polar surface area (TPSA) is 41.6 Å². The number of carbonyl (C=O) groups excluding carboxylic acids is 1. The SMILES string of the molecule is CN(C)NC(=O)COCc1ccc(Cl)cc1. The maximum atomic E-state index is 11.2. The molecule has 0 bridgehead atoms. The molecule has 5 heteroatoms. The Bertz CT molecular complexity index is 338. The van der Waals surface area contributed by atoms with Crippen LogP contribution < -0.4 is 5.43 Å². The summed E-state index contributed by atoms with van der Waals surface area (Å²) >= 11 is 5.74. The predicted molar refractivity (Wildman–Crippen MR) is 62.9 cm³/mol. The third-order valence-corrected chi connectivity index (χ3v) is 2.02. The molecule has 1 aromatic rings. The number of hydrogen-bond donors (Lipinski definition) is 1. The molecule has 0 aliphatic carbocycles. The van der Waals surface area contributed by atoms with Crippen LogP contribution in [0.15, 0.2) is 24.3 Å². The van der Waals surface area contributed by atoms with Gasteiger partial charge in [0.2, 0.25) is 0 Å². The third-order valence-electron chi connectivity index (χ3n) is 1.76. The van der Waals surface area contributed by atoms with Gasteiger partial charge in [0.1, 0.15) is 6.61 Å². The van der Waals surface area contributed by atoms with Gasteiger partial charge in [0.05, 0.1) is 6.61 Å². The highest BCUT2D eigenvalue weighted by Crippen LogP contribution is 2.09. The molecule has 0 spiro atoms. The van der Waals surface area contributed by atoms with Gasteiger partial charge in [0, 0.05) is 19.1 Å². The van der Waals surface area contributed by atoms with Crippen LogP contribution in [0.3, 0.4) is 0 Å². The quantitative estimate of drug-likeness (QED) is 0.795. The van der Waals surface area contributed by atoms with Crippen LogP contribution in [0.5, 0.6) is 0 Å². The minimum absolute atomic E-state index is 0.0425. The first-order valence-electron chi connectivity index (χ1n) is 4.87. The molecule has 0 unspecified atom stereocenters. The molecule has 0 aliphatic heterocycles. The first-order valence-corrected chi connectivity index (χ1v) is 5.24. The van der Waals surface area contributed by atoms with Crippen molar-refractivity contribution >= 4 is 17.5 Å². The van der Waals surface area contributed by atoms with Crippen LogP contribution >= 0.6 is 11.6 Å². The smallest absolute Gasteiger partial charge is 0.260 e. The number of amides is 1. The molecule has 0 saturated carbocycles. The van der Waals surface area contributed by atoms with Crippen LogP contribution in [0.1, 0.15) is 5.56 Å². The van der Waals surface area contributed by atoms with E-state index in [4.69, 9.17) is 16.3 Å². The Labute approximate surface area is 100 Å². The van der Waals surface area contributed by atoms with E-state index < -0.39 is 0 Å². The van der Waals surface area contributed by atoms with Gasteiger partial charge in [-0.15, -0.1) is 0 Å². The highest BCUT2D eigenvalue weighted by atomic mass is 35.5. The van der Waals surface area contributed by atoms with Crippen molar-refractivity contribution in [3.8, 4) is 0 Å². The van der Waals surface area contributed by atoms with Crippen LogP contribution in [0, 0.1) is 0 Å². The first kappa shape index (κ1) is 13.0. The third kappa shape index (κ3) is 5.11. The van der Waals surface area contributed by atoms with Crippen molar-refractivity contribution in [2.75, 3.05) is 20.7 Å². The molecule has 0 radical (unpaired) electrons. The van der Waals surface area contributed by atoms with Gasteiger partial charge in [-0.05, 0) is 17.7 Å². The van der Waals surface area contributed by atoms with Gasteiger partial charge in [-0.3, -0.25) is 10.2 Å². The standard InChI is InChI=1S/C11H15ClN2O2/c1-14(2)13-11(15)8-16-7-9-3-5-10(12)6-4-9/h3-6H,7-8H2,1-2H3,(H,13,15). The Morgan fingerprint density at radius 2 is 2.00 bits per heavy atom. The summed E-state index contributed by atoms with van der Waals surface area (Å²) in [5, 5.41) is 2.27. The minimum Gasteiger partial charge on any atom is -0.367 e. The van der Waals surface area contributed by atoms with Crippen molar-refractivity contribution in [1.29, 1.82) is 0 Å². The maximum Gasteiger partial charge on any atom is 0.260 e. The lowest BCUT2D eigenvalue weighted by atomic mass is 10.2. The van der Waals surface area contributed by atoms with Gasteiger partial charge in [-0.2, -0.15) is 0 Å². The van der Waals surface area contributed by atoms with Crippen molar-refractivity contribution in [3.05, 3.63) is 34.9 Å². The summed E-state index contributed by atoms with van der Waals surface area (Å²) in [4.78, 5) is 11.2. The van der Waals surface area contributed by atoms with Crippen LogP contribution in [0.25, 0.3) is 0 Å². The Kier molecular flexibility index (Phi) is 5.25. The van der Waals surface area contributed by atoms with E-state index in [-0.39, 0.29) is 12.5 Å². The van der Waals surface area contributed by atoms with E-state index >= 15 is 0 Å². The van der Waals surface area contributed by atoms with Crippen LogP contribution in [0.2, 0.25) is 5.02 Å². The van der Waals surface area contributed by atoms with E-state index in [1.54, 1.807) is 31.2 Å². The number of nitrogens with one attached hydrogen (secondary N) is 1. The van der Waals surface area contributed by atoms with Gasteiger partial charge in [-0.1, -0.05) is 23.7 Å². The minimum atomic E-state index is -0.168. The van der Waals surface area contributed by atoms with Crippen molar-refractivity contribution in [1.82, 2.24) is 10.4 Å². The lowest BCUT2D eigenvalue weighted by Gasteiger charge is -2.11. The summed E-state index contributed by atoms with van der Waals surface area (Å²) in [7, 11) is 3.49. The van der Waals surface area contributed by atoms with Crippen molar-refractivity contribution < 1.29 is 9.53 Å². The maximum absolute atomic E-state index is 11.2. The molecule has 0 fully saturated rings. The molecule has 0 aromatic heterocycles. The lowest BCUT2D eigenvalue weighted by molar-refractivity contribution is -0.129. The van der Waals surface area contributed by atoms with E-state index in [1.165, 1.54) is 0 Å². The predicted octanol–water partition coefficient (Wildman–Crippen LogP) is 1.45. The summed E-state index contributed by atoms with van der Waals surface area (Å²) in [6, 6.07) is 7.32. The molecule has 0 aliphatic rings. The summed E-state index contributed by atoms with van der Waals surface area (Å²) in [5.74, 6) is -0.168. The summed E-state index contributed by atoms with van der Waals surface area (Å²) in [6.45, 7) is 0.443. The van der Waals surface area contributed by atoms with E-state index in [2.05, 4.69) is 5.43 Å². The summed E-state index contributed by atoms with van der Waals surface area (Å²) in [5.41, 5.74) is 3.57. The Hall–Kier alpha value is -1.10. The molecule has 1 aromatic carbocycles. The van der Waals surface area contributed by atoms with Crippen molar-refractivity contribution in [2.24, 2.45) is 0 Å². The van der Waals surface area contributed by atoms with Crippen LogP contribution in [0.4, 0.5) is 0 Å². The molecule has 0 atom stereocenters. The fourth-order valence-corrected chi connectivity index (χ4v) is 1.25. The Morgan fingerprint density at radius 3 is 2.56 bits per heavy atom. The fourth-order valence-electron chi connectivity index (χ4n) is 1.12. The number of hydrazine groups is 1. The zero-order valence-corrected chi connectivity index (χ0v) is 10.1. The van der Waals surface area contributed by atoms with Gasteiger partial charge in [0.25, 0.3) is 5.91 Å². The second kappa shape index (κ2) is 6.48. The van der Waals surface area contributed by atoms with Gasteiger partial charge in [-0.25, -0.2) is 5.01 Å². The number of carbonyl (C=O) groups is 1. The number of hydrogen-bond acceptors (Lipinski definition) is 3. The van der Waals surface area contributed by atoms with E-state index in [0.717, 1.165) is 5.56 Å². The molecular formula is C11H15ClN2O2. The largest absolute Gasteiger partial charge is 0.367 e. The molecule has 1 rings (SSSR count). The van der Waals surface area contributed by atoms with Gasteiger partial charge < -0.3 is 4.74 Å². The fraction of sp³-hybridized carbons (Fsp3) is 0.364. The number of rotatable bonds is 5. The zero-order valence-electron chi connectivity index (χ0n) is 9.37. The summed E-state index contributed by atoms with van der Waals surface area (Å²) < 4.78 is 5.24. The molecule has 88 valence electrons. The Morgan fingerprint density at radius 1 is 1.38 bits per heavy atom. The van der Waals surface area contributed by atoms with E-state index in [0.29, 0.717) is 11.6 Å². The zero-order chi connectivity index (χ0) is 12.0. The number of nitrogens with zero attached hydrogens (tertiary/aromatic N) is 1. The molecule has 4 nitrogen and oxygen atoms in total. The average Bonchev–Trinajstić information content (AvgIpc) is 2.20. The molecule has 0 heterocycles. The number of ether oxygens (including phenoxy) is 1. The van der Waals surface area contributed by atoms with Gasteiger partial charge >= 0.3 is 0 Å². The molecule has 1 amide bonds. The molecular weight excluding hydrogens is 228 g/mol. The van der Waals surface area contributed by atoms with Crippen LogP contribution in [-0.2, 0) is 16.1 Å². The molecule has 0 saturated heterocycles. The molecule has 16 heavy (non-hydrogen) atoms. The average molecular weight is 243 g/mol. The second-order valence-corrected chi connectivity index (χ2v) is 3.99. The second-order valence-electron chi connectivity index (χ2n) is 3.55. The highest BCUT2D eigenvalue weighted by Gasteiger charge is 2.01.